The minimum Gasteiger partial charge on any atom is -0.341 e. The number of imide groups is 1. The second-order valence-corrected chi connectivity index (χ2v) is 10.3. The standard InChI is InChI=1S/C26H23F4N7O2S/c27-20-14-31-5-2-19(20)21-10-16(26(28,29)30)9-18(34-21)13-32-12-15-3-7-37(8-4-15)24-33-6-1-17(35-24)11-22-23(38)36-25(39)40-22/h1-2,5-6,9-11,14-15,32H,3-4,7-8,12-13H2,(H,36,38,39)/b22-11-. The largest absolute Gasteiger partial charge is 0.416 e. The molecule has 0 bridgehead atoms. The maximum atomic E-state index is 14.2. The molecule has 14 heteroatoms. The summed E-state index contributed by atoms with van der Waals surface area (Å²) in [7, 11) is 0. The molecule has 0 atom stereocenters. The molecular weight excluding hydrogens is 550 g/mol. The fraction of sp³-hybridized carbons (Fsp3) is 0.308. The summed E-state index contributed by atoms with van der Waals surface area (Å²) < 4.78 is 54.7. The van der Waals surface area contributed by atoms with Crippen LogP contribution in [0, 0.1) is 11.7 Å². The Morgan fingerprint density at radius 3 is 2.62 bits per heavy atom. The summed E-state index contributed by atoms with van der Waals surface area (Å²) in [5.41, 5.74) is -0.364. The molecule has 0 spiro atoms. The summed E-state index contributed by atoms with van der Waals surface area (Å²) in [5.74, 6) is -0.415. The van der Waals surface area contributed by atoms with Crippen molar-refractivity contribution in [3.63, 3.8) is 0 Å². The van der Waals surface area contributed by atoms with Gasteiger partial charge in [-0.3, -0.25) is 24.9 Å². The minimum absolute atomic E-state index is 0.0454. The number of thioether (sulfide) groups is 1. The number of carbonyl (C=O) groups excluding carboxylic acids is 2. The number of nitrogens with one attached hydrogen (secondary N) is 2. The number of hydrogen-bond acceptors (Lipinski definition) is 9. The molecule has 0 saturated carbocycles. The van der Waals surface area contributed by atoms with Crippen LogP contribution in [0.3, 0.4) is 0 Å². The summed E-state index contributed by atoms with van der Waals surface area (Å²) in [6.45, 7) is 2.01. The molecule has 2 aliphatic rings. The van der Waals surface area contributed by atoms with Gasteiger partial charge in [0, 0.05) is 37.6 Å². The molecule has 2 N–H and O–H groups in total. The van der Waals surface area contributed by atoms with Crippen LogP contribution >= 0.6 is 11.8 Å². The van der Waals surface area contributed by atoms with Gasteiger partial charge in [-0.2, -0.15) is 13.2 Å². The third-order valence-electron chi connectivity index (χ3n) is 6.48. The van der Waals surface area contributed by atoms with Crippen LogP contribution in [-0.2, 0) is 17.5 Å². The monoisotopic (exact) mass is 573 g/mol. The maximum Gasteiger partial charge on any atom is 0.416 e. The van der Waals surface area contributed by atoms with Gasteiger partial charge in [0.25, 0.3) is 11.1 Å². The highest BCUT2D eigenvalue weighted by molar-refractivity contribution is 8.18. The molecule has 9 nitrogen and oxygen atoms in total. The first-order valence-electron chi connectivity index (χ1n) is 12.4. The minimum atomic E-state index is -4.60. The third-order valence-corrected chi connectivity index (χ3v) is 7.29. The molecule has 2 fully saturated rings. The molecule has 2 amide bonds. The fourth-order valence-corrected chi connectivity index (χ4v) is 5.12. The molecule has 3 aromatic rings. The number of nitrogens with zero attached hydrogens (tertiary/aromatic N) is 5. The summed E-state index contributed by atoms with van der Waals surface area (Å²) >= 11 is 0.819. The fourth-order valence-electron chi connectivity index (χ4n) is 4.45. The van der Waals surface area contributed by atoms with Crippen molar-refractivity contribution in [3.8, 4) is 11.3 Å². The van der Waals surface area contributed by atoms with E-state index < -0.39 is 28.7 Å². The van der Waals surface area contributed by atoms with Gasteiger partial charge in [-0.25, -0.2) is 14.4 Å². The zero-order valence-corrected chi connectivity index (χ0v) is 21.7. The van der Waals surface area contributed by atoms with Crippen LogP contribution in [-0.4, -0.2) is 50.7 Å². The number of pyridine rings is 2. The second-order valence-electron chi connectivity index (χ2n) is 9.28. The van der Waals surface area contributed by atoms with Gasteiger partial charge in [-0.1, -0.05) is 0 Å². The first kappa shape index (κ1) is 27.6. The molecule has 2 saturated heterocycles. The molecule has 40 heavy (non-hydrogen) atoms. The van der Waals surface area contributed by atoms with Gasteiger partial charge >= 0.3 is 6.18 Å². The van der Waals surface area contributed by atoms with Crippen LogP contribution in [0.2, 0.25) is 0 Å². The Labute approximate surface area is 230 Å². The summed E-state index contributed by atoms with van der Waals surface area (Å²) in [6, 6.07) is 4.76. The molecule has 0 unspecified atom stereocenters. The van der Waals surface area contributed by atoms with E-state index in [4.69, 9.17) is 0 Å². The van der Waals surface area contributed by atoms with Crippen LogP contribution in [0.25, 0.3) is 17.3 Å². The number of hydrogen-bond donors (Lipinski definition) is 2. The number of aromatic nitrogens is 4. The Hall–Kier alpha value is -3.91. The average Bonchev–Trinajstić information content (AvgIpc) is 3.24. The first-order valence-corrected chi connectivity index (χ1v) is 13.2. The van der Waals surface area contributed by atoms with Crippen molar-refractivity contribution in [1.82, 2.24) is 30.6 Å². The van der Waals surface area contributed by atoms with E-state index in [1.165, 1.54) is 12.3 Å². The summed E-state index contributed by atoms with van der Waals surface area (Å²) in [5, 5.41) is 4.98. The van der Waals surface area contributed by atoms with E-state index in [1.54, 1.807) is 18.3 Å². The van der Waals surface area contributed by atoms with E-state index in [1.807, 2.05) is 4.90 Å². The number of alkyl halides is 3. The Kier molecular flexibility index (Phi) is 8.07. The molecule has 5 heterocycles. The maximum absolute atomic E-state index is 14.2. The van der Waals surface area contributed by atoms with E-state index in [-0.39, 0.29) is 34.3 Å². The lowest BCUT2D eigenvalue weighted by molar-refractivity contribution is -0.137. The number of anilines is 1. The van der Waals surface area contributed by atoms with Crippen molar-refractivity contribution in [2.24, 2.45) is 5.92 Å². The smallest absolute Gasteiger partial charge is 0.341 e. The number of amides is 2. The first-order chi connectivity index (χ1) is 19.2. The Balaban J connectivity index is 1.18. The molecule has 3 aromatic heterocycles. The Morgan fingerprint density at radius 1 is 1.12 bits per heavy atom. The van der Waals surface area contributed by atoms with Gasteiger partial charge in [-0.15, -0.1) is 0 Å². The zero-order chi connectivity index (χ0) is 28.3. The SMILES string of the molecule is O=C1NC(=O)/C(=C/c2ccnc(N3CCC(CNCc4cc(C(F)(F)F)cc(-c5ccncc5F)n4)CC3)n2)S1. The average molecular weight is 574 g/mol. The molecule has 2 aliphatic heterocycles. The van der Waals surface area contributed by atoms with Crippen LogP contribution in [0.1, 0.15) is 29.8 Å². The van der Waals surface area contributed by atoms with Crippen molar-refractivity contribution in [1.29, 1.82) is 0 Å². The van der Waals surface area contributed by atoms with Crippen molar-refractivity contribution in [3.05, 3.63) is 70.5 Å². The molecule has 0 aromatic carbocycles. The normalized spacial score (nSPS) is 17.5. The van der Waals surface area contributed by atoms with Crippen molar-refractivity contribution in [2.45, 2.75) is 25.6 Å². The van der Waals surface area contributed by atoms with E-state index >= 15 is 0 Å². The van der Waals surface area contributed by atoms with Crippen molar-refractivity contribution in [2.75, 3.05) is 24.5 Å². The van der Waals surface area contributed by atoms with Gasteiger partial charge in [0.05, 0.1) is 33.7 Å². The predicted octanol–water partition coefficient (Wildman–Crippen LogP) is 4.42. The quantitative estimate of drug-likeness (QED) is 0.313. The van der Waals surface area contributed by atoms with E-state index in [0.29, 0.717) is 31.3 Å². The highest BCUT2D eigenvalue weighted by atomic mass is 32.2. The number of halogens is 4. The molecule has 0 radical (unpaired) electrons. The number of carbonyl (C=O) groups is 2. The lowest BCUT2D eigenvalue weighted by atomic mass is 9.97. The lowest BCUT2D eigenvalue weighted by Gasteiger charge is -2.32. The van der Waals surface area contributed by atoms with Gasteiger partial charge < -0.3 is 10.2 Å². The number of piperidine rings is 1. The van der Waals surface area contributed by atoms with Gasteiger partial charge in [0.2, 0.25) is 5.95 Å². The van der Waals surface area contributed by atoms with Crippen LogP contribution in [0.5, 0.6) is 0 Å². The molecule has 5 rings (SSSR count). The Morgan fingerprint density at radius 2 is 1.93 bits per heavy atom. The highest BCUT2D eigenvalue weighted by Crippen LogP contribution is 2.33. The van der Waals surface area contributed by atoms with Crippen LogP contribution in [0.15, 0.2) is 47.8 Å². The van der Waals surface area contributed by atoms with E-state index in [2.05, 4.69) is 30.6 Å². The summed E-state index contributed by atoms with van der Waals surface area (Å²) in [4.78, 5) is 42.2. The molecule has 208 valence electrons. The molecular formula is C26H23F4N7O2S. The van der Waals surface area contributed by atoms with Crippen molar-refractivity contribution < 1.29 is 27.2 Å². The topological polar surface area (TPSA) is 113 Å². The van der Waals surface area contributed by atoms with Gasteiger partial charge in [0.1, 0.15) is 0 Å². The van der Waals surface area contributed by atoms with E-state index in [9.17, 15) is 27.2 Å². The zero-order valence-electron chi connectivity index (χ0n) is 20.9. The van der Waals surface area contributed by atoms with Crippen LogP contribution < -0.4 is 15.5 Å². The highest BCUT2D eigenvalue weighted by Gasteiger charge is 2.32. The lowest BCUT2D eigenvalue weighted by Crippen LogP contribution is -2.38. The van der Waals surface area contributed by atoms with Gasteiger partial charge in [0.15, 0.2) is 5.82 Å². The second kappa shape index (κ2) is 11.7. The number of rotatable bonds is 7. The van der Waals surface area contributed by atoms with Crippen LogP contribution in [0.4, 0.5) is 28.3 Å². The Bertz CT molecular complexity index is 1460. The van der Waals surface area contributed by atoms with Gasteiger partial charge in [-0.05, 0) is 67.4 Å². The van der Waals surface area contributed by atoms with Crippen molar-refractivity contribution >= 4 is 34.9 Å². The van der Waals surface area contributed by atoms with E-state index in [0.717, 1.165) is 42.9 Å². The molecule has 0 aliphatic carbocycles. The third kappa shape index (κ3) is 6.62. The predicted molar refractivity (Wildman–Crippen MR) is 140 cm³/mol. The summed E-state index contributed by atoms with van der Waals surface area (Å²) in [6.07, 6.45) is 2.39.